The number of nitrogens with zero attached hydrogens (tertiary/aromatic N) is 2. The van der Waals surface area contributed by atoms with Crippen molar-refractivity contribution in [3.05, 3.63) is 23.0 Å². The van der Waals surface area contributed by atoms with Crippen molar-refractivity contribution in [3.8, 4) is 0 Å². The second kappa shape index (κ2) is 5.17. The lowest BCUT2D eigenvalue weighted by Gasteiger charge is -2.38. The highest BCUT2D eigenvalue weighted by atomic mass is 16.1. The highest BCUT2D eigenvalue weighted by molar-refractivity contribution is 5.99. The molecule has 2 heterocycles. The summed E-state index contributed by atoms with van der Waals surface area (Å²) in [7, 11) is 0. The Morgan fingerprint density at radius 3 is 2.47 bits per heavy atom. The van der Waals surface area contributed by atoms with Gasteiger partial charge in [-0.2, -0.15) is 0 Å². The molecular formula is C14H22N4O. The van der Waals surface area contributed by atoms with E-state index in [-0.39, 0.29) is 0 Å². The number of hydrogen-bond acceptors (Lipinski definition) is 4. The normalized spacial score (nSPS) is 23.5. The maximum Gasteiger partial charge on any atom is 0.252 e. The average Bonchev–Trinajstić information content (AvgIpc) is 2.25. The van der Waals surface area contributed by atoms with Crippen molar-refractivity contribution in [1.29, 1.82) is 0 Å². The van der Waals surface area contributed by atoms with Crippen molar-refractivity contribution >= 4 is 11.6 Å². The molecule has 1 amide bonds. The minimum absolute atomic E-state index is 0.387. The molecule has 1 aliphatic heterocycles. The number of piperazine rings is 1. The standard InChI is InChI=1S/C14H22N4O/c1-8-5-12(13(14(15)19)11(4)17-8)18-6-9(2)16-10(3)7-18/h5,9-10,16H,6-7H2,1-4H3,(H2,15,19). The summed E-state index contributed by atoms with van der Waals surface area (Å²) in [5.74, 6) is -0.404. The second-order valence-corrected chi connectivity index (χ2v) is 5.48. The second-order valence-electron chi connectivity index (χ2n) is 5.48. The van der Waals surface area contributed by atoms with Crippen LogP contribution < -0.4 is 16.0 Å². The van der Waals surface area contributed by atoms with Crippen LogP contribution in [0.1, 0.15) is 35.6 Å². The van der Waals surface area contributed by atoms with Gasteiger partial charge in [0.25, 0.3) is 5.91 Å². The summed E-state index contributed by atoms with van der Waals surface area (Å²) < 4.78 is 0. The number of anilines is 1. The van der Waals surface area contributed by atoms with Gasteiger partial charge in [-0.1, -0.05) is 0 Å². The van der Waals surface area contributed by atoms with Crippen molar-refractivity contribution in [2.75, 3.05) is 18.0 Å². The fourth-order valence-electron chi connectivity index (χ4n) is 2.89. The number of pyridine rings is 1. The summed E-state index contributed by atoms with van der Waals surface area (Å²) in [5.41, 5.74) is 8.61. The zero-order chi connectivity index (χ0) is 14.2. The van der Waals surface area contributed by atoms with Gasteiger partial charge in [-0.05, 0) is 33.8 Å². The Labute approximate surface area is 114 Å². The van der Waals surface area contributed by atoms with Gasteiger partial charge < -0.3 is 16.0 Å². The number of carbonyl (C=O) groups excluding carboxylic acids is 1. The molecule has 1 fully saturated rings. The Balaban J connectivity index is 2.45. The summed E-state index contributed by atoms with van der Waals surface area (Å²) in [6, 6.07) is 2.73. The summed E-state index contributed by atoms with van der Waals surface area (Å²) in [6.45, 7) is 9.81. The third kappa shape index (κ3) is 2.87. The van der Waals surface area contributed by atoms with Crippen LogP contribution >= 0.6 is 0 Å². The molecule has 19 heavy (non-hydrogen) atoms. The van der Waals surface area contributed by atoms with E-state index in [4.69, 9.17) is 5.73 Å². The van der Waals surface area contributed by atoms with E-state index in [0.29, 0.717) is 23.3 Å². The molecule has 104 valence electrons. The number of amides is 1. The van der Waals surface area contributed by atoms with Gasteiger partial charge in [-0.3, -0.25) is 9.78 Å². The molecule has 1 saturated heterocycles. The molecule has 0 bridgehead atoms. The van der Waals surface area contributed by atoms with Gasteiger partial charge in [-0.25, -0.2) is 0 Å². The smallest absolute Gasteiger partial charge is 0.252 e. The first-order chi connectivity index (χ1) is 8.88. The lowest BCUT2D eigenvalue weighted by Crippen LogP contribution is -2.54. The quantitative estimate of drug-likeness (QED) is 0.833. The van der Waals surface area contributed by atoms with Gasteiger partial charge in [0.05, 0.1) is 16.9 Å². The van der Waals surface area contributed by atoms with Crippen molar-refractivity contribution in [3.63, 3.8) is 0 Å². The first kappa shape index (κ1) is 13.8. The van der Waals surface area contributed by atoms with E-state index in [1.54, 1.807) is 0 Å². The van der Waals surface area contributed by atoms with Crippen LogP contribution in [-0.4, -0.2) is 36.1 Å². The molecule has 0 aliphatic carbocycles. The van der Waals surface area contributed by atoms with Crippen LogP contribution in [0.15, 0.2) is 6.07 Å². The Kier molecular flexibility index (Phi) is 3.75. The van der Waals surface area contributed by atoms with Crippen LogP contribution in [0.2, 0.25) is 0 Å². The number of aryl methyl sites for hydroxylation is 2. The zero-order valence-corrected chi connectivity index (χ0v) is 12.0. The van der Waals surface area contributed by atoms with E-state index in [1.165, 1.54) is 0 Å². The predicted molar refractivity (Wildman–Crippen MR) is 76.5 cm³/mol. The lowest BCUT2D eigenvalue weighted by molar-refractivity contribution is 0.0999. The largest absolute Gasteiger partial charge is 0.368 e. The molecule has 5 nitrogen and oxygen atoms in total. The first-order valence-electron chi connectivity index (χ1n) is 6.67. The van der Waals surface area contributed by atoms with Gasteiger partial charge >= 0.3 is 0 Å². The van der Waals surface area contributed by atoms with Crippen LogP contribution in [-0.2, 0) is 0 Å². The van der Waals surface area contributed by atoms with Crippen molar-refractivity contribution in [1.82, 2.24) is 10.3 Å². The topological polar surface area (TPSA) is 71.2 Å². The third-order valence-corrected chi connectivity index (χ3v) is 3.45. The molecule has 2 unspecified atom stereocenters. The molecular weight excluding hydrogens is 240 g/mol. The summed E-state index contributed by atoms with van der Waals surface area (Å²) in [4.78, 5) is 18.3. The van der Waals surface area contributed by atoms with Crippen LogP contribution in [0.5, 0.6) is 0 Å². The molecule has 3 N–H and O–H groups in total. The Hall–Kier alpha value is -1.62. The van der Waals surface area contributed by atoms with Crippen LogP contribution in [0.4, 0.5) is 5.69 Å². The monoisotopic (exact) mass is 262 g/mol. The van der Waals surface area contributed by atoms with E-state index in [1.807, 2.05) is 19.9 Å². The number of rotatable bonds is 2. The Morgan fingerprint density at radius 1 is 1.37 bits per heavy atom. The van der Waals surface area contributed by atoms with E-state index < -0.39 is 5.91 Å². The number of aromatic nitrogens is 1. The molecule has 2 atom stereocenters. The first-order valence-corrected chi connectivity index (χ1v) is 6.67. The van der Waals surface area contributed by atoms with Crippen LogP contribution in [0.3, 0.4) is 0 Å². The number of primary amides is 1. The van der Waals surface area contributed by atoms with Gasteiger partial charge in [0.15, 0.2) is 0 Å². The molecule has 1 aromatic heterocycles. The van der Waals surface area contributed by atoms with Crippen LogP contribution in [0, 0.1) is 13.8 Å². The van der Waals surface area contributed by atoms with E-state index >= 15 is 0 Å². The zero-order valence-electron chi connectivity index (χ0n) is 12.0. The van der Waals surface area contributed by atoms with Crippen molar-refractivity contribution in [2.45, 2.75) is 39.8 Å². The molecule has 0 saturated carbocycles. The number of nitrogens with one attached hydrogen (secondary N) is 1. The third-order valence-electron chi connectivity index (χ3n) is 3.45. The maximum absolute atomic E-state index is 11.7. The average molecular weight is 262 g/mol. The molecule has 0 radical (unpaired) electrons. The van der Waals surface area contributed by atoms with Crippen molar-refractivity contribution in [2.24, 2.45) is 5.73 Å². The number of hydrogen-bond donors (Lipinski definition) is 2. The molecule has 5 heteroatoms. The van der Waals surface area contributed by atoms with Gasteiger partial charge in [-0.15, -0.1) is 0 Å². The highest BCUT2D eigenvalue weighted by Gasteiger charge is 2.25. The number of carbonyl (C=O) groups is 1. The predicted octanol–water partition coefficient (Wildman–Crippen LogP) is 0.984. The van der Waals surface area contributed by atoms with Gasteiger partial charge in [0.1, 0.15) is 0 Å². The molecule has 1 aromatic rings. The van der Waals surface area contributed by atoms with E-state index in [0.717, 1.165) is 24.5 Å². The van der Waals surface area contributed by atoms with Gasteiger partial charge in [0.2, 0.25) is 0 Å². The fraction of sp³-hybridized carbons (Fsp3) is 0.571. The molecule has 1 aliphatic rings. The number of nitrogens with two attached hydrogens (primary N) is 1. The minimum atomic E-state index is -0.404. The molecule has 0 aromatic carbocycles. The molecule has 2 rings (SSSR count). The van der Waals surface area contributed by atoms with E-state index in [9.17, 15) is 4.79 Å². The summed E-state index contributed by atoms with van der Waals surface area (Å²) >= 11 is 0. The van der Waals surface area contributed by atoms with Gasteiger partial charge in [0, 0.05) is 30.9 Å². The minimum Gasteiger partial charge on any atom is -0.368 e. The highest BCUT2D eigenvalue weighted by Crippen LogP contribution is 2.25. The lowest BCUT2D eigenvalue weighted by atomic mass is 10.1. The summed E-state index contributed by atoms with van der Waals surface area (Å²) in [5, 5.41) is 3.48. The van der Waals surface area contributed by atoms with E-state index in [2.05, 4.69) is 29.0 Å². The van der Waals surface area contributed by atoms with Crippen LogP contribution in [0.25, 0.3) is 0 Å². The fourth-order valence-corrected chi connectivity index (χ4v) is 2.89. The maximum atomic E-state index is 11.7. The Bertz CT molecular complexity index is 490. The molecule has 0 spiro atoms. The summed E-state index contributed by atoms with van der Waals surface area (Å²) in [6.07, 6.45) is 0. The SMILES string of the molecule is Cc1cc(N2CC(C)NC(C)C2)c(C(N)=O)c(C)n1. The Morgan fingerprint density at radius 2 is 1.95 bits per heavy atom. The van der Waals surface area contributed by atoms with Crippen molar-refractivity contribution < 1.29 is 4.79 Å².